The van der Waals surface area contributed by atoms with E-state index in [1.807, 2.05) is 6.92 Å². The Morgan fingerprint density at radius 2 is 2.24 bits per heavy atom. The van der Waals surface area contributed by atoms with E-state index in [2.05, 4.69) is 5.32 Å². The number of amides is 1. The van der Waals surface area contributed by atoms with Gasteiger partial charge in [-0.05, 0) is 30.5 Å². The summed E-state index contributed by atoms with van der Waals surface area (Å²) in [6.45, 7) is 1.94. The molecule has 0 aliphatic carbocycles. The largest absolute Gasteiger partial charge is 0.388 e. The van der Waals surface area contributed by atoms with E-state index in [4.69, 9.17) is 0 Å². The second-order valence-electron chi connectivity index (χ2n) is 4.38. The fraction of sp³-hybridized carbons (Fsp3) is 0.462. The van der Waals surface area contributed by atoms with Crippen LogP contribution in [0.15, 0.2) is 12.1 Å². The normalized spacial score (nSPS) is 16.3. The first-order valence-electron chi connectivity index (χ1n) is 5.92. The van der Waals surface area contributed by atoms with E-state index >= 15 is 0 Å². The first-order chi connectivity index (χ1) is 8.11. The molecule has 1 aromatic rings. The molecule has 1 aliphatic heterocycles. The summed E-state index contributed by atoms with van der Waals surface area (Å²) in [7, 11) is 0. The van der Waals surface area contributed by atoms with Crippen molar-refractivity contribution >= 4 is 11.6 Å². The molecule has 0 bridgehead atoms. The van der Waals surface area contributed by atoms with Crippen LogP contribution in [-0.2, 0) is 11.2 Å². The van der Waals surface area contributed by atoms with Crippen molar-refractivity contribution in [2.45, 2.75) is 38.7 Å². The maximum Gasteiger partial charge on any atom is 0.224 e. The number of hydrogen-bond acceptors (Lipinski definition) is 2. The summed E-state index contributed by atoms with van der Waals surface area (Å²) >= 11 is 0. The Kier molecular flexibility index (Phi) is 3.43. The number of aryl methyl sites for hydroxylation is 1. The van der Waals surface area contributed by atoms with Crippen LogP contribution in [0.3, 0.4) is 0 Å². The Morgan fingerprint density at radius 3 is 2.94 bits per heavy atom. The fourth-order valence-electron chi connectivity index (χ4n) is 2.11. The van der Waals surface area contributed by atoms with Gasteiger partial charge in [0.15, 0.2) is 0 Å². The summed E-state index contributed by atoms with van der Waals surface area (Å²) in [4.78, 5) is 11.2. The van der Waals surface area contributed by atoms with Crippen molar-refractivity contribution < 1.29 is 14.3 Å². The van der Waals surface area contributed by atoms with E-state index in [1.54, 1.807) is 6.07 Å². The summed E-state index contributed by atoms with van der Waals surface area (Å²) in [6, 6.07) is 2.98. The first kappa shape index (κ1) is 12.0. The molecule has 0 saturated heterocycles. The van der Waals surface area contributed by atoms with Gasteiger partial charge in [0.25, 0.3) is 0 Å². The predicted octanol–water partition coefficient (Wildman–Crippen LogP) is 2.54. The van der Waals surface area contributed by atoms with Gasteiger partial charge in [-0.1, -0.05) is 13.3 Å². The minimum atomic E-state index is -0.761. The summed E-state index contributed by atoms with van der Waals surface area (Å²) in [5.41, 5.74) is 1.77. The second kappa shape index (κ2) is 4.84. The van der Waals surface area contributed by atoms with E-state index in [0.29, 0.717) is 30.5 Å². The molecule has 0 saturated carbocycles. The number of hydrogen-bond donors (Lipinski definition) is 2. The molecule has 0 radical (unpaired) electrons. The maximum atomic E-state index is 13.8. The maximum absolute atomic E-state index is 13.8. The van der Waals surface area contributed by atoms with Gasteiger partial charge in [0, 0.05) is 17.7 Å². The van der Waals surface area contributed by atoms with Crippen LogP contribution in [0.25, 0.3) is 0 Å². The minimum Gasteiger partial charge on any atom is -0.388 e. The van der Waals surface area contributed by atoms with E-state index in [0.717, 1.165) is 12.0 Å². The predicted molar refractivity (Wildman–Crippen MR) is 63.2 cm³/mol. The lowest BCUT2D eigenvalue weighted by Gasteiger charge is -2.20. The molecule has 2 N–H and O–H groups in total. The van der Waals surface area contributed by atoms with Gasteiger partial charge in [0.2, 0.25) is 5.91 Å². The van der Waals surface area contributed by atoms with E-state index < -0.39 is 11.9 Å². The van der Waals surface area contributed by atoms with Crippen LogP contribution in [0.5, 0.6) is 0 Å². The lowest BCUT2D eigenvalue weighted by Crippen LogP contribution is -2.19. The highest BCUT2D eigenvalue weighted by Crippen LogP contribution is 2.30. The van der Waals surface area contributed by atoms with Crippen LogP contribution in [0, 0.1) is 5.82 Å². The van der Waals surface area contributed by atoms with Gasteiger partial charge < -0.3 is 10.4 Å². The number of nitrogens with one attached hydrogen (secondary N) is 1. The van der Waals surface area contributed by atoms with Crippen LogP contribution in [0.4, 0.5) is 10.1 Å². The number of carbonyl (C=O) groups excluding carboxylic acids is 1. The summed E-state index contributed by atoms with van der Waals surface area (Å²) in [6.07, 6.45) is 1.61. The molecule has 0 spiro atoms. The number of aliphatic hydroxyl groups is 1. The van der Waals surface area contributed by atoms with Gasteiger partial charge in [-0.2, -0.15) is 0 Å². The minimum absolute atomic E-state index is 0.0845. The Morgan fingerprint density at radius 1 is 1.47 bits per heavy atom. The topological polar surface area (TPSA) is 49.3 Å². The summed E-state index contributed by atoms with van der Waals surface area (Å²) in [5, 5.41) is 12.5. The molecule has 1 heterocycles. The van der Waals surface area contributed by atoms with E-state index in [1.165, 1.54) is 6.07 Å². The standard InChI is InChI=1S/C13H16FNO2/c1-2-3-12(16)9-6-8-4-5-13(17)15-11(8)7-10(9)14/h6-7,12,16H,2-5H2,1H3,(H,15,17). The number of aliphatic hydroxyl groups excluding tert-OH is 1. The Labute approximate surface area is 99.7 Å². The van der Waals surface area contributed by atoms with Gasteiger partial charge in [-0.25, -0.2) is 4.39 Å². The number of halogens is 1. The van der Waals surface area contributed by atoms with Crippen LogP contribution >= 0.6 is 0 Å². The van der Waals surface area contributed by atoms with Crippen molar-refractivity contribution in [2.24, 2.45) is 0 Å². The highest BCUT2D eigenvalue weighted by molar-refractivity contribution is 5.93. The monoisotopic (exact) mass is 237 g/mol. The quantitative estimate of drug-likeness (QED) is 0.848. The van der Waals surface area contributed by atoms with Crippen molar-refractivity contribution in [3.8, 4) is 0 Å². The van der Waals surface area contributed by atoms with Gasteiger partial charge in [0.05, 0.1) is 6.10 Å². The van der Waals surface area contributed by atoms with Gasteiger partial charge in [-0.15, -0.1) is 0 Å². The molecule has 3 nitrogen and oxygen atoms in total. The average Bonchev–Trinajstić information content (AvgIpc) is 2.28. The lowest BCUT2D eigenvalue weighted by atomic mass is 9.96. The molecular weight excluding hydrogens is 221 g/mol. The molecule has 1 unspecified atom stereocenters. The third-order valence-electron chi connectivity index (χ3n) is 3.04. The third kappa shape index (κ3) is 2.47. The molecule has 17 heavy (non-hydrogen) atoms. The molecular formula is C13H16FNO2. The zero-order valence-corrected chi connectivity index (χ0v) is 9.79. The molecule has 1 aliphatic rings. The molecule has 1 atom stereocenters. The fourth-order valence-corrected chi connectivity index (χ4v) is 2.11. The van der Waals surface area contributed by atoms with E-state index in [9.17, 15) is 14.3 Å². The number of anilines is 1. The molecule has 1 aromatic carbocycles. The summed E-state index contributed by atoms with van der Waals surface area (Å²) in [5.74, 6) is -0.536. The molecule has 1 amide bonds. The van der Waals surface area contributed by atoms with Crippen molar-refractivity contribution in [3.63, 3.8) is 0 Å². The SMILES string of the molecule is CCCC(O)c1cc2c(cc1F)NC(=O)CC2. The van der Waals surface area contributed by atoms with Crippen molar-refractivity contribution in [1.82, 2.24) is 0 Å². The molecule has 2 rings (SSSR count). The van der Waals surface area contributed by atoms with Crippen molar-refractivity contribution in [3.05, 3.63) is 29.1 Å². The zero-order valence-electron chi connectivity index (χ0n) is 9.79. The van der Waals surface area contributed by atoms with Gasteiger partial charge in [0.1, 0.15) is 5.82 Å². The van der Waals surface area contributed by atoms with Gasteiger partial charge >= 0.3 is 0 Å². The Balaban J connectivity index is 2.34. The second-order valence-corrected chi connectivity index (χ2v) is 4.38. The highest BCUT2D eigenvalue weighted by Gasteiger charge is 2.20. The smallest absolute Gasteiger partial charge is 0.224 e. The Bertz CT molecular complexity index is 445. The third-order valence-corrected chi connectivity index (χ3v) is 3.04. The van der Waals surface area contributed by atoms with Crippen LogP contribution in [-0.4, -0.2) is 11.0 Å². The number of benzene rings is 1. The molecule has 4 heteroatoms. The first-order valence-corrected chi connectivity index (χ1v) is 5.92. The number of rotatable bonds is 3. The van der Waals surface area contributed by atoms with Crippen molar-refractivity contribution in [2.75, 3.05) is 5.32 Å². The van der Waals surface area contributed by atoms with Gasteiger partial charge in [-0.3, -0.25) is 4.79 Å². The van der Waals surface area contributed by atoms with Crippen LogP contribution in [0.1, 0.15) is 43.4 Å². The average molecular weight is 237 g/mol. The molecule has 0 fully saturated rings. The number of carbonyl (C=O) groups is 1. The van der Waals surface area contributed by atoms with Crippen LogP contribution < -0.4 is 5.32 Å². The van der Waals surface area contributed by atoms with Crippen LogP contribution in [0.2, 0.25) is 0 Å². The van der Waals surface area contributed by atoms with Crippen molar-refractivity contribution in [1.29, 1.82) is 0 Å². The molecule has 92 valence electrons. The zero-order chi connectivity index (χ0) is 12.4. The Hall–Kier alpha value is -1.42. The summed E-state index contributed by atoms with van der Waals surface area (Å²) < 4.78 is 13.8. The molecule has 0 aromatic heterocycles. The number of fused-ring (bicyclic) bond motifs is 1. The highest BCUT2D eigenvalue weighted by atomic mass is 19.1. The lowest BCUT2D eigenvalue weighted by molar-refractivity contribution is -0.116. The van der Waals surface area contributed by atoms with E-state index in [-0.39, 0.29) is 5.91 Å².